The Bertz CT molecular complexity index is 604. The molecule has 0 bridgehead atoms. The fourth-order valence-corrected chi connectivity index (χ4v) is 4.16. The van der Waals surface area contributed by atoms with Gasteiger partial charge in [0.15, 0.2) is 0 Å². The summed E-state index contributed by atoms with van der Waals surface area (Å²) in [6, 6.07) is 2.84. The summed E-state index contributed by atoms with van der Waals surface area (Å²) < 4.78 is 32.9. The average Bonchev–Trinajstić information content (AvgIpc) is 2.33. The maximum absolute atomic E-state index is 12.4. The molecule has 20 heavy (non-hydrogen) atoms. The molecule has 2 rings (SSSR count). The minimum atomic E-state index is -3.67. The molecule has 0 aromatic heterocycles. The molecule has 0 aliphatic carbocycles. The molecule has 3 N–H and O–H groups in total. The zero-order chi connectivity index (χ0) is 14.9. The van der Waals surface area contributed by atoms with Crippen molar-refractivity contribution in [2.75, 3.05) is 12.3 Å². The predicted octanol–water partition coefficient (Wildman–Crippen LogP) is 2.08. The van der Waals surface area contributed by atoms with Crippen LogP contribution >= 0.6 is 11.6 Å². The lowest BCUT2D eigenvalue weighted by Gasteiger charge is -2.27. The van der Waals surface area contributed by atoms with Gasteiger partial charge < -0.3 is 10.5 Å². The number of nitrogens with two attached hydrogens (primary N) is 1. The van der Waals surface area contributed by atoms with E-state index in [9.17, 15) is 8.42 Å². The molecule has 1 fully saturated rings. The van der Waals surface area contributed by atoms with Gasteiger partial charge in [-0.15, -0.1) is 0 Å². The van der Waals surface area contributed by atoms with Gasteiger partial charge in [-0.05, 0) is 44.4 Å². The fraction of sp³-hybridized carbons (Fsp3) is 0.538. The summed E-state index contributed by atoms with van der Waals surface area (Å²) in [6.45, 7) is 4.26. The summed E-state index contributed by atoms with van der Waals surface area (Å²) in [7, 11) is -3.67. The summed E-state index contributed by atoms with van der Waals surface area (Å²) in [5, 5.41) is 0.185. The fourth-order valence-electron chi connectivity index (χ4n) is 2.26. The highest BCUT2D eigenvalue weighted by Gasteiger charge is 2.26. The van der Waals surface area contributed by atoms with E-state index in [-0.39, 0.29) is 22.1 Å². The van der Waals surface area contributed by atoms with E-state index in [1.807, 2.05) is 6.92 Å². The van der Waals surface area contributed by atoms with E-state index in [1.165, 1.54) is 6.07 Å². The van der Waals surface area contributed by atoms with E-state index in [1.54, 1.807) is 13.0 Å². The second-order valence-corrected chi connectivity index (χ2v) is 7.25. The van der Waals surface area contributed by atoms with Gasteiger partial charge in [-0.25, -0.2) is 13.1 Å². The molecule has 0 saturated carbocycles. The molecule has 2 unspecified atom stereocenters. The zero-order valence-electron chi connectivity index (χ0n) is 11.5. The van der Waals surface area contributed by atoms with Gasteiger partial charge in [0.2, 0.25) is 10.0 Å². The van der Waals surface area contributed by atoms with Crippen molar-refractivity contribution in [2.45, 2.75) is 43.7 Å². The number of ether oxygens (including phenoxy) is 1. The first kappa shape index (κ1) is 15.6. The SMILES string of the molecule is Cc1cc(Cl)c(S(=O)(=O)NC2CCOC(C)C2)cc1N. The van der Waals surface area contributed by atoms with E-state index >= 15 is 0 Å². The van der Waals surface area contributed by atoms with Crippen LogP contribution in [0.2, 0.25) is 5.02 Å². The molecule has 7 heteroatoms. The Hall–Kier alpha value is -0.820. The molecule has 0 radical (unpaired) electrons. The number of benzene rings is 1. The molecule has 112 valence electrons. The molecule has 1 aromatic carbocycles. The van der Waals surface area contributed by atoms with Crippen LogP contribution in [-0.4, -0.2) is 27.2 Å². The molecular weight excluding hydrogens is 300 g/mol. The summed E-state index contributed by atoms with van der Waals surface area (Å²) in [6.07, 6.45) is 1.36. The van der Waals surface area contributed by atoms with Crippen molar-refractivity contribution in [1.82, 2.24) is 4.72 Å². The van der Waals surface area contributed by atoms with Crippen LogP contribution in [0.25, 0.3) is 0 Å². The highest BCUT2D eigenvalue weighted by Crippen LogP contribution is 2.27. The third-order valence-electron chi connectivity index (χ3n) is 3.42. The Morgan fingerprint density at radius 2 is 2.15 bits per heavy atom. The van der Waals surface area contributed by atoms with Crippen LogP contribution in [0, 0.1) is 6.92 Å². The number of hydrogen-bond acceptors (Lipinski definition) is 4. The molecule has 1 aliphatic heterocycles. The first-order chi connectivity index (χ1) is 9.29. The predicted molar refractivity (Wildman–Crippen MR) is 79.4 cm³/mol. The average molecular weight is 319 g/mol. The van der Waals surface area contributed by atoms with E-state index in [4.69, 9.17) is 22.1 Å². The van der Waals surface area contributed by atoms with Crippen LogP contribution in [-0.2, 0) is 14.8 Å². The van der Waals surface area contributed by atoms with Gasteiger partial charge in [-0.2, -0.15) is 0 Å². The molecule has 1 heterocycles. The highest BCUT2D eigenvalue weighted by atomic mass is 35.5. The van der Waals surface area contributed by atoms with Crippen LogP contribution in [0.1, 0.15) is 25.3 Å². The van der Waals surface area contributed by atoms with Crippen LogP contribution < -0.4 is 10.5 Å². The highest BCUT2D eigenvalue weighted by molar-refractivity contribution is 7.89. The van der Waals surface area contributed by atoms with Gasteiger partial charge in [0.1, 0.15) is 4.90 Å². The molecule has 1 aliphatic rings. The number of sulfonamides is 1. The smallest absolute Gasteiger partial charge is 0.242 e. The lowest BCUT2D eigenvalue weighted by atomic mass is 10.1. The van der Waals surface area contributed by atoms with Gasteiger partial charge >= 0.3 is 0 Å². The number of aryl methyl sites for hydroxylation is 1. The lowest BCUT2D eigenvalue weighted by Crippen LogP contribution is -2.41. The molecular formula is C13H19ClN2O3S. The summed E-state index contributed by atoms with van der Waals surface area (Å²) in [5.41, 5.74) is 6.94. The number of halogens is 1. The Kier molecular flexibility index (Phi) is 4.59. The van der Waals surface area contributed by atoms with E-state index in [0.717, 1.165) is 5.56 Å². The Labute approximate surface area is 124 Å². The van der Waals surface area contributed by atoms with Gasteiger partial charge in [0.05, 0.1) is 11.1 Å². The van der Waals surface area contributed by atoms with E-state index in [2.05, 4.69) is 4.72 Å². The molecule has 0 amide bonds. The molecule has 1 aromatic rings. The normalized spacial score (nSPS) is 23.8. The van der Waals surface area contributed by atoms with E-state index in [0.29, 0.717) is 25.1 Å². The van der Waals surface area contributed by atoms with Crippen molar-refractivity contribution in [3.05, 3.63) is 22.7 Å². The number of hydrogen-bond donors (Lipinski definition) is 2. The van der Waals surface area contributed by atoms with Crippen molar-refractivity contribution in [3.8, 4) is 0 Å². The number of nitrogens with one attached hydrogen (secondary N) is 1. The van der Waals surface area contributed by atoms with Crippen LogP contribution in [0.4, 0.5) is 5.69 Å². The van der Waals surface area contributed by atoms with Crippen molar-refractivity contribution in [1.29, 1.82) is 0 Å². The summed E-state index contributed by atoms with van der Waals surface area (Å²) in [5.74, 6) is 0. The number of anilines is 1. The van der Waals surface area contributed by atoms with Crippen molar-refractivity contribution >= 4 is 27.3 Å². The van der Waals surface area contributed by atoms with Gasteiger partial charge in [0.25, 0.3) is 0 Å². The first-order valence-corrected chi connectivity index (χ1v) is 8.35. The quantitative estimate of drug-likeness (QED) is 0.836. The minimum absolute atomic E-state index is 0.0291. The number of rotatable bonds is 3. The largest absolute Gasteiger partial charge is 0.398 e. The second-order valence-electron chi connectivity index (χ2n) is 5.16. The number of nitrogen functional groups attached to an aromatic ring is 1. The summed E-state index contributed by atoms with van der Waals surface area (Å²) >= 11 is 6.03. The zero-order valence-corrected chi connectivity index (χ0v) is 13.1. The minimum Gasteiger partial charge on any atom is -0.398 e. The molecule has 1 saturated heterocycles. The van der Waals surface area contributed by atoms with Crippen molar-refractivity contribution in [2.24, 2.45) is 0 Å². The van der Waals surface area contributed by atoms with Crippen LogP contribution in [0.3, 0.4) is 0 Å². The molecule has 5 nitrogen and oxygen atoms in total. The monoisotopic (exact) mass is 318 g/mol. The lowest BCUT2D eigenvalue weighted by molar-refractivity contribution is 0.0173. The maximum atomic E-state index is 12.4. The Morgan fingerprint density at radius 3 is 2.80 bits per heavy atom. The Balaban J connectivity index is 2.24. The van der Waals surface area contributed by atoms with Gasteiger partial charge in [0, 0.05) is 18.3 Å². The second kappa shape index (κ2) is 5.89. The third kappa shape index (κ3) is 3.44. The third-order valence-corrected chi connectivity index (χ3v) is 5.40. The standard InChI is InChI=1S/C13H19ClN2O3S/c1-8-5-11(14)13(7-12(8)15)20(17,18)16-10-3-4-19-9(2)6-10/h5,7,9-10,16H,3-4,6,15H2,1-2H3. The topological polar surface area (TPSA) is 81.4 Å². The maximum Gasteiger partial charge on any atom is 0.242 e. The van der Waals surface area contributed by atoms with Crippen LogP contribution in [0.15, 0.2) is 17.0 Å². The van der Waals surface area contributed by atoms with Gasteiger partial charge in [-0.1, -0.05) is 11.6 Å². The Morgan fingerprint density at radius 1 is 1.45 bits per heavy atom. The van der Waals surface area contributed by atoms with Gasteiger partial charge in [-0.3, -0.25) is 0 Å². The van der Waals surface area contributed by atoms with Crippen molar-refractivity contribution < 1.29 is 13.2 Å². The van der Waals surface area contributed by atoms with Crippen LogP contribution in [0.5, 0.6) is 0 Å². The first-order valence-electron chi connectivity index (χ1n) is 6.49. The molecule has 0 spiro atoms. The summed E-state index contributed by atoms with van der Waals surface area (Å²) in [4.78, 5) is 0.0291. The molecule has 2 atom stereocenters. The van der Waals surface area contributed by atoms with Crippen molar-refractivity contribution in [3.63, 3.8) is 0 Å². The van der Waals surface area contributed by atoms with E-state index < -0.39 is 10.0 Å².